The lowest BCUT2D eigenvalue weighted by molar-refractivity contribution is -0.152. The summed E-state index contributed by atoms with van der Waals surface area (Å²) in [6.07, 6.45) is -3.06. The monoisotopic (exact) mass is 1400 g/mol. The zero-order valence-corrected chi connectivity index (χ0v) is 61.4. The van der Waals surface area contributed by atoms with Crippen LogP contribution in [-0.2, 0) is 73.5 Å². The number of rotatable bonds is 13. The Morgan fingerprint density at radius 3 is 1.14 bits per heavy atom. The summed E-state index contributed by atoms with van der Waals surface area (Å²) >= 11 is 0. The molecule has 2 rings (SSSR count). The smallest absolute Gasteiger partial charge is 0.248 e. The first-order valence-corrected chi connectivity index (χ1v) is 33.5. The third-order valence-electron chi connectivity index (χ3n) is 18.0. The van der Waals surface area contributed by atoms with Gasteiger partial charge in [-0.15, -0.1) is 0 Å². The van der Waals surface area contributed by atoms with Crippen LogP contribution in [0.25, 0.3) is 0 Å². The maximum Gasteiger partial charge on any atom is 0.248 e. The highest BCUT2D eigenvalue weighted by atomic mass is 16.3. The summed E-state index contributed by atoms with van der Waals surface area (Å²) in [5.41, 5.74) is 0.573. The van der Waals surface area contributed by atoms with Gasteiger partial charge in [-0.3, -0.25) is 67.1 Å². The number of hydrogen-bond donors (Lipinski definition) is 12. The number of aliphatic hydroxyl groups is 4. The molecule has 1 heterocycles. The highest BCUT2D eigenvalue weighted by Crippen LogP contribution is 2.21. The van der Waals surface area contributed by atoms with Gasteiger partial charge in [0, 0.05) is 48.7 Å². The zero-order chi connectivity index (χ0) is 76.1. The number of nitrogens with one attached hydrogen (secondary N) is 8. The van der Waals surface area contributed by atoms with E-state index in [0.29, 0.717) is 12.0 Å². The summed E-state index contributed by atoms with van der Waals surface area (Å²) in [6, 6.07) is -9.58. The molecule has 1 aliphatic rings. The molecule has 1 saturated heterocycles. The van der Waals surface area contributed by atoms with Gasteiger partial charge in [-0.05, 0) is 61.8 Å². The summed E-state index contributed by atoms with van der Waals surface area (Å²) in [4.78, 5) is 205. The number of likely N-dealkylation sites (N-methyl/N-ethyl adjacent to an activating group) is 6. The van der Waals surface area contributed by atoms with Gasteiger partial charge in [-0.2, -0.15) is 0 Å². The molecule has 0 radical (unpaired) electrons. The second-order valence-electron chi connectivity index (χ2n) is 27.4. The Bertz CT molecular complexity index is 2990. The molecule has 0 spiro atoms. The predicted molar refractivity (Wildman–Crippen MR) is 364 cm³/mol. The number of benzene rings is 1. The van der Waals surface area contributed by atoms with Crippen molar-refractivity contribution in [3.8, 4) is 0 Å². The van der Waals surface area contributed by atoms with Crippen LogP contribution in [0.2, 0.25) is 0 Å². The molecule has 1 aliphatic heterocycles. The second kappa shape index (κ2) is 39.4. The molecule has 99 heavy (non-hydrogen) atoms. The molecule has 1 fully saturated rings. The van der Waals surface area contributed by atoms with E-state index in [2.05, 4.69) is 42.5 Å². The van der Waals surface area contributed by atoms with E-state index in [1.807, 2.05) is 0 Å². The molecule has 0 aromatic heterocycles. The first kappa shape index (κ1) is 86.7. The topological polar surface area (TPSA) is 436 Å². The van der Waals surface area contributed by atoms with Gasteiger partial charge in [0.2, 0.25) is 82.7 Å². The molecule has 0 saturated carbocycles. The Hall–Kier alpha value is -8.36. The zero-order valence-electron chi connectivity index (χ0n) is 61.4. The summed E-state index contributed by atoms with van der Waals surface area (Å²) in [6.45, 7) is 19.4. The molecule has 0 aliphatic carbocycles. The molecule has 15 atom stereocenters. The Morgan fingerprint density at radius 1 is 0.394 bits per heavy atom. The van der Waals surface area contributed by atoms with Crippen LogP contribution < -0.4 is 42.5 Å². The molecule has 14 amide bonds. The van der Waals surface area contributed by atoms with Crippen molar-refractivity contribution < 1.29 is 87.5 Å². The lowest BCUT2D eigenvalue weighted by atomic mass is 9.96. The number of amides is 14. The van der Waals surface area contributed by atoms with E-state index in [-0.39, 0.29) is 6.42 Å². The van der Waals surface area contributed by atoms with Gasteiger partial charge in [0.15, 0.2) is 0 Å². The lowest BCUT2D eigenvalue weighted by Crippen LogP contribution is -2.64. The summed E-state index contributed by atoms with van der Waals surface area (Å²) < 4.78 is 0. The highest BCUT2D eigenvalue weighted by Gasteiger charge is 2.45. The minimum atomic E-state index is -1.75. The SMILES string of the molecule is CC[C@@H](C)[C@@H]1NC(=O)CNC(=O)[C@@H](C)N(C)C(=O)[C@H](C(C)C)NC(=O)[C@H]([C@H](C)O)N(C)C(=O)[C@H](C(C)C)NC(=O)[C@H]([C@H](C)O)N(C)C(=O)[C@H](C(C)C)NC(=O)CNC(=O)[C@@H](Cc2ccccc2)N(C)C(=O)[C@H](C(C)C)NC(=O)[C@H](CO)NC(=O)[C@H](C(C)C)N(C)C(=O)[C@H](CO)N(C)C1=O. The largest absolute Gasteiger partial charge is 0.394 e. The van der Waals surface area contributed by atoms with E-state index in [1.165, 1.54) is 63.1 Å². The van der Waals surface area contributed by atoms with Gasteiger partial charge in [0.25, 0.3) is 0 Å². The van der Waals surface area contributed by atoms with Gasteiger partial charge in [-0.25, -0.2) is 0 Å². The van der Waals surface area contributed by atoms with Gasteiger partial charge in [0.1, 0.15) is 72.5 Å². The van der Waals surface area contributed by atoms with E-state index < -0.39 is 229 Å². The first-order chi connectivity index (χ1) is 46.0. The van der Waals surface area contributed by atoms with E-state index in [9.17, 15) is 87.5 Å². The van der Waals surface area contributed by atoms with Crippen LogP contribution in [0.4, 0.5) is 0 Å². The van der Waals surface area contributed by atoms with Gasteiger partial charge >= 0.3 is 0 Å². The van der Waals surface area contributed by atoms with Crippen LogP contribution in [0, 0.1) is 35.5 Å². The fraction of sp³-hybridized carbons (Fsp3) is 0.701. The van der Waals surface area contributed by atoms with Gasteiger partial charge < -0.3 is 92.4 Å². The second-order valence-corrected chi connectivity index (χ2v) is 27.4. The van der Waals surface area contributed by atoms with Crippen molar-refractivity contribution >= 4 is 82.7 Å². The van der Waals surface area contributed by atoms with Gasteiger partial charge in [-0.1, -0.05) is 120 Å². The van der Waals surface area contributed by atoms with Crippen molar-refractivity contribution in [2.24, 2.45) is 35.5 Å². The van der Waals surface area contributed by atoms with E-state index >= 15 is 0 Å². The standard InChI is InChI=1S/C67H112N14O18/c1-22-38(12)52-67(99)78(18)45(32-83)62(94)79(19)53(37(10)11)59(91)70-43(31-82)57(89)73-50(35(6)7)64(96)77(17)44(28-42-26-24-23-25-27-42)58(90)69-30-46(86)71-48(33(2)3)65(97)80(20)54(40(14)84)61(93)75-51(36(8)9)66(98)81(21)55(41(15)85)60(92)74-49(34(4)5)63(95)76(16)39(13)56(88)68-29-47(87)72-52/h23-27,33-41,43-45,48-55,82-85H,22,28-32H2,1-21H3,(H,68,88)(H,69,90)(H,70,91)(H,71,86)(H,72,87)(H,73,89)(H,74,92)(H,75,93)/t38-,39-,40+,41+,43+,44-,45+,48+,49+,50+,51+,52+,53+,54+,55+/m1/s1. The minimum Gasteiger partial charge on any atom is -0.394 e. The number of nitrogens with zero attached hydrogens (tertiary/aromatic N) is 6. The predicted octanol–water partition coefficient (Wildman–Crippen LogP) is -3.56. The van der Waals surface area contributed by atoms with Crippen LogP contribution in [0.5, 0.6) is 0 Å². The first-order valence-electron chi connectivity index (χ1n) is 33.5. The number of carbonyl (C=O) groups is 14. The Labute approximate surface area is 581 Å². The summed E-state index contributed by atoms with van der Waals surface area (Å²) in [7, 11) is 7.35. The van der Waals surface area contributed by atoms with Crippen molar-refractivity contribution in [2.75, 3.05) is 68.6 Å². The third-order valence-corrected chi connectivity index (χ3v) is 18.0. The lowest BCUT2D eigenvalue weighted by Gasteiger charge is -2.37. The number of carbonyl (C=O) groups excluding carboxylic acids is 14. The minimum absolute atomic E-state index is 0.126. The summed E-state index contributed by atoms with van der Waals surface area (Å²) in [5.74, 6) is -17.0. The highest BCUT2D eigenvalue weighted by molar-refractivity contribution is 6.00. The maximum atomic E-state index is 14.7. The fourth-order valence-electron chi connectivity index (χ4n) is 11.4. The molecule has 558 valence electrons. The molecule has 1 aromatic carbocycles. The fourth-order valence-corrected chi connectivity index (χ4v) is 11.4. The van der Waals surface area contributed by atoms with Crippen LogP contribution in [0.1, 0.15) is 116 Å². The molecular weight excluding hydrogens is 1290 g/mol. The van der Waals surface area contributed by atoms with Crippen molar-refractivity contribution in [3.63, 3.8) is 0 Å². The van der Waals surface area contributed by atoms with E-state index in [0.717, 1.165) is 29.4 Å². The molecule has 32 nitrogen and oxygen atoms in total. The van der Waals surface area contributed by atoms with Crippen LogP contribution in [-0.4, -0.2) is 286 Å². The molecular formula is C67H112N14O18. The van der Waals surface area contributed by atoms with Gasteiger partial charge in [0.05, 0.1) is 38.5 Å². The normalized spacial score (nSPS) is 27.3. The molecule has 1 aromatic rings. The van der Waals surface area contributed by atoms with E-state index in [4.69, 9.17) is 0 Å². The average Bonchev–Trinajstić information content (AvgIpc) is 0.829. The molecule has 32 heteroatoms. The quantitative estimate of drug-likeness (QED) is 0.0909. The Kier molecular flexibility index (Phi) is 34.5. The van der Waals surface area contributed by atoms with Crippen LogP contribution in [0.15, 0.2) is 30.3 Å². The van der Waals surface area contributed by atoms with E-state index in [1.54, 1.807) is 113 Å². The van der Waals surface area contributed by atoms with Crippen molar-refractivity contribution in [1.82, 2.24) is 71.9 Å². The van der Waals surface area contributed by atoms with Crippen molar-refractivity contribution in [1.29, 1.82) is 0 Å². The molecule has 0 unspecified atom stereocenters. The Balaban J connectivity index is 2.85. The van der Waals surface area contributed by atoms with Crippen LogP contribution >= 0.6 is 0 Å². The third kappa shape index (κ3) is 23.4. The maximum absolute atomic E-state index is 14.7. The average molecular weight is 1400 g/mol. The van der Waals surface area contributed by atoms with Crippen molar-refractivity contribution in [2.45, 2.75) is 201 Å². The summed E-state index contributed by atoms with van der Waals surface area (Å²) in [5, 5.41) is 63.9. The Morgan fingerprint density at radius 2 is 0.747 bits per heavy atom. The molecule has 12 N–H and O–H groups in total. The van der Waals surface area contributed by atoms with Crippen LogP contribution in [0.3, 0.4) is 0 Å². The van der Waals surface area contributed by atoms with Crippen molar-refractivity contribution in [3.05, 3.63) is 35.9 Å². The molecule has 0 bridgehead atoms. The number of hydrogen-bond acceptors (Lipinski definition) is 18. The number of aliphatic hydroxyl groups excluding tert-OH is 4.